The SMILES string of the molecule is COC(=O)C[C@@]1(NC(=O)CC#N)CCOc2cc(Br)ccc21. The number of carbonyl (C=O) groups excluding carboxylic acids is 2. The first-order valence-electron chi connectivity index (χ1n) is 6.68. The summed E-state index contributed by atoms with van der Waals surface area (Å²) in [6, 6.07) is 7.21. The fourth-order valence-electron chi connectivity index (χ4n) is 2.54. The lowest BCUT2D eigenvalue weighted by Crippen LogP contribution is -2.50. The average Bonchev–Trinajstić information content (AvgIpc) is 2.47. The van der Waals surface area contributed by atoms with Gasteiger partial charge in [0.05, 0.1) is 31.7 Å². The molecule has 0 saturated carbocycles. The van der Waals surface area contributed by atoms with Gasteiger partial charge in [0.1, 0.15) is 12.2 Å². The van der Waals surface area contributed by atoms with Crippen molar-refractivity contribution in [3.8, 4) is 11.8 Å². The number of fused-ring (bicyclic) bond motifs is 1. The molecule has 2 rings (SSSR count). The van der Waals surface area contributed by atoms with Gasteiger partial charge < -0.3 is 14.8 Å². The molecule has 1 aromatic carbocycles. The highest BCUT2D eigenvalue weighted by Crippen LogP contribution is 2.41. The van der Waals surface area contributed by atoms with E-state index in [2.05, 4.69) is 21.2 Å². The van der Waals surface area contributed by atoms with Gasteiger partial charge in [-0.1, -0.05) is 22.0 Å². The van der Waals surface area contributed by atoms with E-state index in [1.54, 1.807) is 12.1 Å². The Hall–Kier alpha value is -2.07. The van der Waals surface area contributed by atoms with E-state index in [1.807, 2.05) is 12.1 Å². The molecule has 1 heterocycles. The van der Waals surface area contributed by atoms with Gasteiger partial charge in [0.25, 0.3) is 0 Å². The number of benzene rings is 1. The van der Waals surface area contributed by atoms with E-state index in [0.29, 0.717) is 24.3 Å². The van der Waals surface area contributed by atoms with Crippen molar-refractivity contribution in [2.45, 2.75) is 24.8 Å². The normalized spacial score (nSPS) is 19.3. The first-order valence-corrected chi connectivity index (χ1v) is 7.47. The average molecular weight is 367 g/mol. The van der Waals surface area contributed by atoms with Crippen LogP contribution in [0.3, 0.4) is 0 Å². The standard InChI is InChI=1S/C15H15BrN2O4/c1-21-14(20)9-15(18-13(19)4-6-17)5-7-22-12-8-10(16)2-3-11(12)15/h2-3,8H,4-5,7,9H2,1H3,(H,18,19)/t15-/m0/s1. The van der Waals surface area contributed by atoms with Crippen LogP contribution in [0.25, 0.3) is 0 Å². The van der Waals surface area contributed by atoms with Crippen LogP contribution in [-0.2, 0) is 19.9 Å². The number of amides is 1. The molecule has 1 aliphatic rings. The molecule has 7 heteroatoms. The third-order valence-electron chi connectivity index (χ3n) is 3.54. The molecule has 1 aliphatic heterocycles. The molecule has 0 radical (unpaired) electrons. The van der Waals surface area contributed by atoms with Crippen LogP contribution in [0.4, 0.5) is 0 Å². The molecule has 0 spiro atoms. The molecule has 6 nitrogen and oxygen atoms in total. The second-order valence-corrected chi connectivity index (χ2v) is 5.87. The minimum absolute atomic E-state index is 0.0152. The van der Waals surface area contributed by atoms with Crippen molar-refractivity contribution in [3.63, 3.8) is 0 Å². The second-order valence-electron chi connectivity index (χ2n) is 4.96. The largest absolute Gasteiger partial charge is 0.493 e. The van der Waals surface area contributed by atoms with Crippen molar-refractivity contribution in [2.75, 3.05) is 13.7 Å². The smallest absolute Gasteiger partial charge is 0.308 e. The summed E-state index contributed by atoms with van der Waals surface area (Å²) in [4.78, 5) is 23.7. The lowest BCUT2D eigenvalue weighted by molar-refractivity contribution is -0.143. The minimum atomic E-state index is -0.921. The monoisotopic (exact) mass is 366 g/mol. The van der Waals surface area contributed by atoms with Gasteiger partial charge in [-0.15, -0.1) is 0 Å². The fourth-order valence-corrected chi connectivity index (χ4v) is 2.88. The predicted molar refractivity (Wildman–Crippen MR) is 80.9 cm³/mol. The lowest BCUT2D eigenvalue weighted by atomic mass is 9.81. The fraction of sp³-hybridized carbons (Fsp3) is 0.400. The number of methoxy groups -OCH3 is 1. The Morgan fingerprint density at radius 1 is 1.55 bits per heavy atom. The van der Waals surface area contributed by atoms with Crippen molar-refractivity contribution in [2.24, 2.45) is 0 Å². The van der Waals surface area contributed by atoms with Gasteiger partial charge in [0, 0.05) is 16.5 Å². The molecule has 1 aromatic rings. The van der Waals surface area contributed by atoms with Crippen molar-refractivity contribution < 1.29 is 19.1 Å². The Bertz CT molecular complexity index is 641. The number of nitriles is 1. The number of hydrogen-bond donors (Lipinski definition) is 1. The predicted octanol–water partition coefficient (Wildman–Crippen LogP) is 2.02. The molecule has 1 atom stereocenters. The highest BCUT2D eigenvalue weighted by Gasteiger charge is 2.41. The maximum atomic E-state index is 11.9. The van der Waals surface area contributed by atoms with E-state index < -0.39 is 17.4 Å². The third kappa shape index (κ3) is 3.39. The topological polar surface area (TPSA) is 88.4 Å². The quantitative estimate of drug-likeness (QED) is 0.823. The van der Waals surface area contributed by atoms with Crippen LogP contribution in [0, 0.1) is 11.3 Å². The van der Waals surface area contributed by atoms with Crippen molar-refractivity contribution >= 4 is 27.8 Å². The van der Waals surface area contributed by atoms with Gasteiger partial charge in [-0.2, -0.15) is 5.26 Å². The summed E-state index contributed by atoms with van der Waals surface area (Å²) in [5.41, 5.74) is -0.214. The summed E-state index contributed by atoms with van der Waals surface area (Å²) in [6.07, 6.45) is 0.141. The van der Waals surface area contributed by atoms with Crippen LogP contribution >= 0.6 is 15.9 Å². The number of esters is 1. The van der Waals surface area contributed by atoms with Crippen molar-refractivity contribution in [3.05, 3.63) is 28.2 Å². The van der Waals surface area contributed by atoms with Crippen LogP contribution in [0.2, 0.25) is 0 Å². The molecule has 1 amide bonds. The highest BCUT2D eigenvalue weighted by atomic mass is 79.9. The van der Waals surface area contributed by atoms with Crippen LogP contribution in [0.5, 0.6) is 5.75 Å². The van der Waals surface area contributed by atoms with Crippen molar-refractivity contribution in [1.82, 2.24) is 5.32 Å². The van der Waals surface area contributed by atoms with E-state index in [-0.39, 0.29) is 12.8 Å². The molecular weight excluding hydrogens is 352 g/mol. The van der Waals surface area contributed by atoms with Crippen molar-refractivity contribution in [1.29, 1.82) is 5.26 Å². The Kier molecular flexibility index (Phi) is 5.03. The molecule has 1 N–H and O–H groups in total. The van der Waals surface area contributed by atoms with E-state index in [4.69, 9.17) is 14.7 Å². The summed E-state index contributed by atoms with van der Waals surface area (Å²) in [5.74, 6) is -0.267. The highest BCUT2D eigenvalue weighted by molar-refractivity contribution is 9.10. The summed E-state index contributed by atoms with van der Waals surface area (Å²) < 4.78 is 11.2. The first kappa shape index (κ1) is 16.3. The van der Waals surface area contributed by atoms with Gasteiger partial charge in [-0.3, -0.25) is 9.59 Å². The molecular formula is C15H15BrN2O4. The number of hydrogen-bond acceptors (Lipinski definition) is 5. The molecule has 0 unspecified atom stereocenters. The molecule has 0 saturated heterocycles. The molecule has 0 aliphatic carbocycles. The maximum Gasteiger partial charge on any atom is 0.308 e. The number of nitrogens with zero attached hydrogens (tertiary/aromatic N) is 1. The van der Waals surface area contributed by atoms with Crippen LogP contribution in [-0.4, -0.2) is 25.6 Å². The maximum absolute atomic E-state index is 11.9. The Labute approximate surface area is 136 Å². The van der Waals surface area contributed by atoms with Gasteiger partial charge in [0.15, 0.2) is 0 Å². The third-order valence-corrected chi connectivity index (χ3v) is 4.03. The molecule has 22 heavy (non-hydrogen) atoms. The lowest BCUT2D eigenvalue weighted by Gasteiger charge is -2.38. The van der Waals surface area contributed by atoms with Gasteiger partial charge >= 0.3 is 5.97 Å². The Balaban J connectivity index is 2.44. The van der Waals surface area contributed by atoms with Crippen LogP contribution < -0.4 is 10.1 Å². The summed E-state index contributed by atoms with van der Waals surface area (Å²) in [5, 5.41) is 11.5. The number of halogens is 1. The van der Waals surface area contributed by atoms with E-state index >= 15 is 0 Å². The number of nitrogens with one attached hydrogen (secondary N) is 1. The van der Waals surface area contributed by atoms with Crippen LogP contribution in [0.15, 0.2) is 22.7 Å². The number of rotatable bonds is 4. The Morgan fingerprint density at radius 3 is 3.00 bits per heavy atom. The van der Waals surface area contributed by atoms with Crippen LogP contribution in [0.1, 0.15) is 24.8 Å². The first-order chi connectivity index (χ1) is 10.5. The van der Waals surface area contributed by atoms with E-state index in [1.165, 1.54) is 7.11 Å². The molecule has 0 fully saturated rings. The molecule has 0 bridgehead atoms. The van der Waals surface area contributed by atoms with Gasteiger partial charge in [-0.25, -0.2) is 0 Å². The van der Waals surface area contributed by atoms with E-state index in [9.17, 15) is 9.59 Å². The Morgan fingerprint density at radius 2 is 2.32 bits per heavy atom. The zero-order valence-electron chi connectivity index (χ0n) is 12.0. The molecule has 0 aromatic heterocycles. The minimum Gasteiger partial charge on any atom is -0.493 e. The number of carbonyl (C=O) groups is 2. The summed E-state index contributed by atoms with van der Waals surface area (Å²) in [7, 11) is 1.30. The summed E-state index contributed by atoms with van der Waals surface area (Å²) in [6.45, 7) is 0.354. The zero-order valence-corrected chi connectivity index (χ0v) is 13.6. The van der Waals surface area contributed by atoms with Gasteiger partial charge in [-0.05, 0) is 12.1 Å². The number of ether oxygens (including phenoxy) is 2. The molecule has 116 valence electrons. The van der Waals surface area contributed by atoms with Gasteiger partial charge in [0.2, 0.25) is 5.91 Å². The summed E-state index contributed by atoms with van der Waals surface area (Å²) >= 11 is 3.37. The van der Waals surface area contributed by atoms with E-state index in [0.717, 1.165) is 4.47 Å². The zero-order chi connectivity index (χ0) is 16.2. The second kappa shape index (κ2) is 6.79.